The van der Waals surface area contributed by atoms with Crippen molar-refractivity contribution in [2.45, 2.75) is 45.7 Å². The van der Waals surface area contributed by atoms with Gasteiger partial charge >= 0.3 is 0 Å². The van der Waals surface area contributed by atoms with Crippen LogP contribution in [0.5, 0.6) is 0 Å². The van der Waals surface area contributed by atoms with Gasteiger partial charge in [0.1, 0.15) is 0 Å². The van der Waals surface area contributed by atoms with E-state index in [0.717, 1.165) is 11.1 Å². The number of hydrogen-bond acceptors (Lipinski definition) is 3. The first-order valence-electron chi connectivity index (χ1n) is 6.00. The van der Waals surface area contributed by atoms with Crippen LogP contribution in [0.3, 0.4) is 0 Å². The lowest BCUT2D eigenvalue weighted by Crippen LogP contribution is -2.52. The molecule has 1 rings (SSSR count). The quantitative estimate of drug-likeness (QED) is 0.813. The van der Waals surface area contributed by atoms with Crippen molar-refractivity contribution in [1.82, 2.24) is 10.3 Å². The topological polar surface area (TPSA) is 68.0 Å². The molecule has 1 heterocycles. The Bertz CT molecular complexity index is 386. The first-order valence-corrected chi connectivity index (χ1v) is 6.00. The van der Waals surface area contributed by atoms with Crippen molar-refractivity contribution in [1.29, 1.82) is 0 Å². The Hall–Kier alpha value is -1.42. The highest BCUT2D eigenvalue weighted by molar-refractivity contribution is 5.85. The first-order chi connectivity index (χ1) is 8.03. The molecule has 4 nitrogen and oxygen atoms in total. The predicted octanol–water partition coefficient (Wildman–Crippen LogP) is 1.52. The van der Waals surface area contributed by atoms with Crippen LogP contribution in [0.2, 0.25) is 0 Å². The van der Waals surface area contributed by atoms with Crippen molar-refractivity contribution in [3.63, 3.8) is 0 Å². The smallest absolute Gasteiger partial charge is 0.240 e. The average Bonchev–Trinajstić information content (AvgIpc) is 2.36. The maximum atomic E-state index is 12.0. The van der Waals surface area contributed by atoms with Crippen molar-refractivity contribution < 1.29 is 4.79 Å². The zero-order valence-electron chi connectivity index (χ0n) is 10.8. The normalized spacial score (nSPS) is 11.3. The van der Waals surface area contributed by atoms with Gasteiger partial charge in [-0.3, -0.25) is 9.78 Å². The van der Waals surface area contributed by atoms with Gasteiger partial charge in [0, 0.05) is 18.9 Å². The van der Waals surface area contributed by atoms with Crippen molar-refractivity contribution in [2.24, 2.45) is 5.73 Å². The van der Waals surface area contributed by atoms with Gasteiger partial charge in [0.15, 0.2) is 0 Å². The average molecular weight is 235 g/mol. The minimum Gasteiger partial charge on any atom is -0.350 e. The maximum absolute atomic E-state index is 12.0. The van der Waals surface area contributed by atoms with Crippen LogP contribution in [-0.4, -0.2) is 16.4 Å². The molecule has 0 aliphatic rings. The van der Waals surface area contributed by atoms with Crippen LogP contribution in [0.1, 0.15) is 37.8 Å². The van der Waals surface area contributed by atoms with E-state index in [2.05, 4.69) is 10.3 Å². The molecule has 3 N–H and O–H groups in total. The van der Waals surface area contributed by atoms with Crippen molar-refractivity contribution in [3.05, 3.63) is 29.6 Å². The van der Waals surface area contributed by atoms with E-state index in [-0.39, 0.29) is 5.91 Å². The molecule has 17 heavy (non-hydrogen) atoms. The standard InChI is InChI=1S/C13H21N3O/c1-4-13(14,5-2)12(17)16-9-11-8-15-7-6-10(11)3/h6-8H,4-5,9,14H2,1-3H3,(H,16,17). The molecule has 0 atom stereocenters. The first kappa shape index (κ1) is 13.6. The number of aromatic nitrogens is 1. The number of nitrogens with zero attached hydrogens (tertiary/aromatic N) is 1. The highest BCUT2D eigenvalue weighted by Crippen LogP contribution is 2.12. The second-order valence-electron chi connectivity index (χ2n) is 4.35. The Morgan fingerprint density at radius 3 is 2.65 bits per heavy atom. The number of pyridine rings is 1. The van der Waals surface area contributed by atoms with Gasteiger partial charge in [0.05, 0.1) is 5.54 Å². The van der Waals surface area contributed by atoms with Gasteiger partial charge in [-0.1, -0.05) is 13.8 Å². The summed E-state index contributed by atoms with van der Waals surface area (Å²) in [5, 5.41) is 2.88. The van der Waals surface area contributed by atoms with E-state index in [0.29, 0.717) is 19.4 Å². The Kier molecular flexibility index (Phi) is 4.63. The molecule has 0 aromatic carbocycles. The lowest BCUT2D eigenvalue weighted by Gasteiger charge is -2.25. The summed E-state index contributed by atoms with van der Waals surface area (Å²) in [5.41, 5.74) is 7.41. The molecule has 0 radical (unpaired) electrons. The zero-order valence-corrected chi connectivity index (χ0v) is 10.8. The molecule has 0 aliphatic carbocycles. The fraction of sp³-hybridized carbons (Fsp3) is 0.538. The number of aryl methyl sites for hydroxylation is 1. The number of carbonyl (C=O) groups is 1. The monoisotopic (exact) mass is 235 g/mol. The SMILES string of the molecule is CCC(N)(CC)C(=O)NCc1cnccc1C. The molecule has 0 fully saturated rings. The molecule has 94 valence electrons. The summed E-state index contributed by atoms with van der Waals surface area (Å²) in [6.45, 7) is 6.34. The summed E-state index contributed by atoms with van der Waals surface area (Å²) in [7, 11) is 0. The fourth-order valence-electron chi connectivity index (χ4n) is 1.60. The third-order valence-electron chi connectivity index (χ3n) is 3.30. The van der Waals surface area contributed by atoms with Gasteiger partial charge < -0.3 is 11.1 Å². The largest absolute Gasteiger partial charge is 0.350 e. The molecule has 0 saturated carbocycles. The summed E-state index contributed by atoms with van der Waals surface area (Å²) in [4.78, 5) is 16.0. The van der Waals surface area contributed by atoms with E-state index in [1.165, 1.54) is 0 Å². The number of rotatable bonds is 5. The summed E-state index contributed by atoms with van der Waals surface area (Å²) in [6, 6.07) is 1.93. The molecule has 4 heteroatoms. The number of carbonyl (C=O) groups excluding carboxylic acids is 1. The van der Waals surface area contributed by atoms with E-state index >= 15 is 0 Å². The lowest BCUT2D eigenvalue weighted by molar-refractivity contribution is -0.126. The Morgan fingerprint density at radius 1 is 1.47 bits per heavy atom. The Labute approximate surface area is 103 Å². The van der Waals surface area contributed by atoms with Crippen LogP contribution < -0.4 is 11.1 Å². The summed E-state index contributed by atoms with van der Waals surface area (Å²) >= 11 is 0. The predicted molar refractivity (Wildman–Crippen MR) is 68.3 cm³/mol. The molecule has 0 saturated heterocycles. The molecule has 0 bridgehead atoms. The van der Waals surface area contributed by atoms with E-state index in [1.807, 2.05) is 26.8 Å². The van der Waals surface area contributed by atoms with Gasteiger partial charge in [-0.25, -0.2) is 0 Å². The summed E-state index contributed by atoms with van der Waals surface area (Å²) < 4.78 is 0. The molecule has 1 aromatic heterocycles. The minimum absolute atomic E-state index is 0.0919. The molecule has 1 amide bonds. The van der Waals surface area contributed by atoms with Crippen LogP contribution in [0.15, 0.2) is 18.5 Å². The number of nitrogens with one attached hydrogen (secondary N) is 1. The fourth-order valence-corrected chi connectivity index (χ4v) is 1.60. The highest BCUT2D eigenvalue weighted by atomic mass is 16.2. The van der Waals surface area contributed by atoms with Gasteiger partial charge in [-0.15, -0.1) is 0 Å². The van der Waals surface area contributed by atoms with Crippen molar-refractivity contribution in [3.8, 4) is 0 Å². The van der Waals surface area contributed by atoms with Gasteiger partial charge in [0.25, 0.3) is 0 Å². The van der Waals surface area contributed by atoms with Gasteiger partial charge in [-0.2, -0.15) is 0 Å². The molecular formula is C13H21N3O. The van der Waals surface area contributed by atoms with E-state index in [1.54, 1.807) is 12.4 Å². The third-order valence-corrected chi connectivity index (χ3v) is 3.30. The van der Waals surface area contributed by atoms with Crippen LogP contribution in [0.4, 0.5) is 0 Å². The van der Waals surface area contributed by atoms with Gasteiger partial charge in [0.2, 0.25) is 5.91 Å². The van der Waals surface area contributed by atoms with Crippen LogP contribution >= 0.6 is 0 Å². The van der Waals surface area contributed by atoms with E-state index in [4.69, 9.17) is 5.73 Å². The minimum atomic E-state index is -0.754. The molecule has 0 unspecified atom stereocenters. The second-order valence-corrected chi connectivity index (χ2v) is 4.35. The van der Waals surface area contributed by atoms with Crippen LogP contribution in [-0.2, 0) is 11.3 Å². The molecule has 1 aromatic rings. The molecule has 0 spiro atoms. The second kappa shape index (κ2) is 5.77. The number of nitrogens with two attached hydrogens (primary N) is 1. The molecular weight excluding hydrogens is 214 g/mol. The lowest BCUT2D eigenvalue weighted by atomic mass is 9.93. The maximum Gasteiger partial charge on any atom is 0.240 e. The highest BCUT2D eigenvalue weighted by Gasteiger charge is 2.29. The van der Waals surface area contributed by atoms with Gasteiger partial charge in [-0.05, 0) is 37.0 Å². The third kappa shape index (κ3) is 3.27. The van der Waals surface area contributed by atoms with E-state index in [9.17, 15) is 4.79 Å². The van der Waals surface area contributed by atoms with Crippen molar-refractivity contribution in [2.75, 3.05) is 0 Å². The number of hydrogen-bond donors (Lipinski definition) is 2. The Morgan fingerprint density at radius 2 is 2.12 bits per heavy atom. The van der Waals surface area contributed by atoms with E-state index < -0.39 is 5.54 Å². The Balaban J connectivity index is 2.63. The molecule has 0 aliphatic heterocycles. The van der Waals surface area contributed by atoms with Crippen LogP contribution in [0, 0.1) is 6.92 Å². The number of amides is 1. The van der Waals surface area contributed by atoms with Crippen molar-refractivity contribution >= 4 is 5.91 Å². The summed E-state index contributed by atoms with van der Waals surface area (Å²) in [5.74, 6) is -0.0919. The van der Waals surface area contributed by atoms with Crippen LogP contribution in [0.25, 0.3) is 0 Å². The summed E-state index contributed by atoms with van der Waals surface area (Å²) in [6.07, 6.45) is 4.79. The zero-order chi connectivity index (χ0) is 12.9.